The summed E-state index contributed by atoms with van der Waals surface area (Å²) in [6, 6.07) is 12.4. The largest absolute Gasteiger partial charge is 0.351 e. The van der Waals surface area contributed by atoms with Gasteiger partial charge >= 0.3 is 0 Å². The van der Waals surface area contributed by atoms with Crippen molar-refractivity contribution in [1.82, 2.24) is 15.5 Å². The van der Waals surface area contributed by atoms with Gasteiger partial charge in [-0.1, -0.05) is 44.2 Å². The van der Waals surface area contributed by atoms with Gasteiger partial charge in [-0.2, -0.15) is 0 Å². The molecule has 0 saturated carbocycles. The highest BCUT2D eigenvalue weighted by Crippen LogP contribution is 2.17. The van der Waals surface area contributed by atoms with Gasteiger partial charge in [-0.15, -0.1) is 0 Å². The van der Waals surface area contributed by atoms with E-state index in [0.717, 1.165) is 5.56 Å². The molecule has 0 radical (unpaired) electrons. The fourth-order valence-electron chi connectivity index (χ4n) is 3.90. The maximum Gasteiger partial charge on any atom is 0.256 e. The molecule has 0 aliphatic carbocycles. The molecule has 3 rings (SSSR count). The molecule has 0 spiro atoms. The molecule has 170 valence electrons. The second-order valence-electron chi connectivity index (χ2n) is 8.56. The van der Waals surface area contributed by atoms with Crippen LogP contribution in [0.25, 0.3) is 0 Å². The van der Waals surface area contributed by atoms with Crippen molar-refractivity contribution >= 4 is 17.7 Å². The van der Waals surface area contributed by atoms with E-state index in [2.05, 4.69) is 10.6 Å². The van der Waals surface area contributed by atoms with Crippen LogP contribution in [0.4, 0.5) is 4.39 Å². The summed E-state index contributed by atoms with van der Waals surface area (Å²) in [6.07, 6.45) is 1.14. The number of carbonyl (C=O) groups excluding carboxylic acids is 3. The smallest absolute Gasteiger partial charge is 0.256 e. The quantitative estimate of drug-likeness (QED) is 0.725. The number of amides is 3. The first-order chi connectivity index (χ1) is 15.3. The van der Waals surface area contributed by atoms with Crippen LogP contribution >= 0.6 is 0 Å². The van der Waals surface area contributed by atoms with Crippen molar-refractivity contribution < 1.29 is 18.8 Å². The zero-order valence-electron chi connectivity index (χ0n) is 18.7. The average molecular weight is 440 g/mol. The monoisotopic (exact) mass is 439 g/mol. The van der Waals surface area contributed by atoms with Gasteiger partial charge in [0.2, 0.25) is 5.91 Å². The van der Waals surface area contributed by atoms with Gasteiger partial charge in [-0.05, 0) is 49.4 Å². The third-order valence-electron chi connectivity index (χ3n) is 5.86. The summed E-state index contributed by atoms with van der Waals surface area (Å²) >= 11 is 0. The average Bonchev–Trinajstić information content (AvgIpc) is 2.77. The number of nitrogens with one attached hydrogen (secondary N) is 2. The van der Waals surface area contributed by atoms with Gasteiger partial charge < -0.3 is 15.5 Å². The van der Waals surface area contributed by atoms with Gasteiger partial charge in [0.1, 0.15) is 11.9 Å². The summed E-state index contributed by atoms with van der Waals surface area (Å²) in [5.41, 5.74) is 1.46. The van der Waals surface area contributed by atoms with E-state index < -0.39 is 11.9 Å². The molecule has 0 aromatic heterocycles. The Morgan fingerprint density at radius 2 is 1.56 bits per heavy atom. The number of aryl methyl sites for hydroxylation is 1. The highest BCUT2D eigenvalue weighted by Gasteiger charge is 2.30. The van der Waals surface area contributed by atoms with Crippen LogP contribution in [0, 0.1) is 18.7 Å². The van der Waals surface area contributed by atoms with Crippen LogP contribution in [0.15, 0.2) is 48.5 Å². The summed E-state index contributed by atoms with van der Waals surface area (Å²) in [7, 11) is 0. The fourth-order valence-corrected chi connectivity index (χ4v) is 3.90. The molecule has 6 nitrogen and oxygen atoms in total. The lowest BCUT2D eigenvalue weighted by molar-refractivity contribution is -0.124. The van der Waals surface area contributed by atoms with Crippen LogP contribution in [-0.4, -0.2) is 47.8 Å². The maximum atomic E-state index is 13.9. The van der Waals surface area contributed by atoms with Crippen molar-refractivity contribution in [3.63, 3.8) is 0 Å². The minimum absolute atomic E-state index is 0.0637. The van der Waals surface area contributed by atoms with Crippen LogP contribution < -0.4 is 10.6 Å². The molecular formula is C25H30FN3O3. The van der Waals surface area contributed by atoms with Crippen molar-refractivity contribution in [3.8, 4) is 0 Å². The van der Waals surface area contributed by atoms with Gasteiger partial charge in [-0.3, -0.25) is 14.4 Å². The Kier molecular flexibility index (Phi) is 7.62. The molecule has 7 heteroatoms. The summed E-state index contributed by atoms with van der Waals surface area (Å²) in [4.78, 5) is 39.8. The van der Waals surface area contributed by atoms with E-state index in [1.165, 1.54) is 12.1 Å². The van der Waals surface area contributed by atoms with Crippen molar-refractivity contribution in [1.29, 1.82) is 0 Å². The standard InChI is InChI=1S/C25H30FN3O3/c1-16(2)22(28-23(30)19-9-5-4-8-17(19)3)24(31)27-18-12-14-29(15-13-18)25(32)20-10-6-7-11-21(20)26/h4-11,16,18,22H,12-15H2,1-3H3,(H,27,31)(H,28,30). The molecule has 1 aliphatic heterocycles. The van der Waals surface area contributed by atoms with Crippen molar-refractivity contribution in [2.75, 3.05) is 13.1 Å². The molecule has 1 aliphatic rings. The second kappa shape index (κ2) is 10.4. The molecule has 1 fully saturated rings. The Bertz CT molecular complexity index is 984. The number of halogens is 1. The van der Waals surface area contributed by atoms with Crippen molar-refractivity contribution in [2.45, 2.75) is 45.7 Å². The minimum atomic E-state index is -0.666. The highest BCUT2D eigenvalue weighted by molar-refractivity contribution is 5.98. The first-order valence-electron chi connectivity index (χ1n) is 11.0. The van der Waals surface area contributed by atoms with E-state index in [0.29, 0.717) is 31.5 Å². The molecule has 1 unspecified atom stereocenters. The number of carbonyl (C=O) groups is 3. The topological polar surface area (TPSA) is 78.5 Å². The molecule has 2 aromatic carbocycles. The third-order valence-corrected chi connectivity index (χ3v) is 5.86. The molecule has 0 bridgehead atoms. The molecular weight excluding hydrogens is 409 g/mol. The Hall–Kier alpha value is -3.22. The molecule has 2 N–H and O–H groups in total. The SMILES string of the molecule is Cc1ccccc1C(=O)NC(C(=O)NC1CCN(C(=O)c2ccccc2F)CC1)C(C)C. The minimum Gasteiger partial charge on any atom is -0.351 e. The van der Waals surface area contributed by atoms with Gasteiger partial charge in [0.15, 0.2) is 0 Å². The number of likely N-dealkylation sites (tertiary alicyclic amines) is 1. The number of hydrogen-bond donors (Lipinski definition) is 2. The number of benzene rings is 2. The van der Waals surface area contributed by atoms with Crippen LogP contribution in [-0.2, 0) is 4.79 Å². The Labute approximate surface area is 188 Å². The summed E-state index contributed by atoms with van der Waals surface area (Å²) in [5, 5.41) is 5.88. The molecule has 2 aromatic rings. The Morgan fingerprint density at radius 1 is 0.969 bits per heavy atom. The van der Waals surface area contributed by atoms with E-state index >= 15 is 0 Å². The molecule has 1 heterocycles. The third kappa shape index (κ3) is 5.52. The number of rotatable bonds is 6. The van der Waals surface area contributed by atoms with Crippen molar-refractivity contribution in [2.24, 2.45) is 5.92 Å². The maximum absolute atomic E-state index is 13.9. The normalized spacial score (nSPS) is 15.3. The zero-order chi connectivity index (χ0) is 23.3. The van der Waals surface area contributed by atoms with Crippen molar-refractivity contribution in [3.05, 3.63) is 71.0 Å². The lowest BCUT2D eigenvalue weighted by Gasteiger charge is -2.33. The first-order valence-corrected chi connectivity index (χ1v) is 11.0. The molecule has 1 atom stereocenters. The Balaban J connectivity index is 1.56. The number of piperidine rings is 1. The van der Waals surface area contributed by atoms with Crippen LogP contribution in [0.3, 0.4) is 0 Å². The van der Waals surface area contributed by atoms with Gasteiger partial charge in [0, 0.05) is 24.7 Å². The van der Waals surface area contributed by atoms with Crippen LogP contribution in [0.2, 0.25) is 0 Å². The van der Waals surface area contributed by atoms with Gasteiger partial charge in [-0.25, -0.2) is 4.39 Å². The van der Waals surface area contributed by atoms with Gasteiger partial charge in [0.05, 0.1) is 5.56 Å². The zero-order valence-corrected chi connectivity index (χ0v) is 18.7. The predicted molar refractivity (Wildman–Crippen MR) is 121 cm³/mol. The van der Waals surface area contributed by atoms with Crippen LogP contribution in [0.5, 0.6) is 0 Å². The molecule has 3 amide bonds. The summed E-state index contributed by atoms with van der Waals surface area (Å²) in [5.74, 6) is -1.47. The first kappa shape index (κ1) is 23.4. The fraction of sp³-hybridized carbons (Fsp3) is 0.400. The predicted octanol–water partition coefficient (Wildman–Crippen LogP) is 3.31. The summed E-state index contributed by atoms with van der Waals surface area (Å²) < 4.78 is 13.9. The number of hydrogen-bond acceptors (Lipinski definition) is 3. The molecule has 32 heavy (non-hydrogen) atoms. The van der Waals surface area contributed by atoms with E-state index in [1.807, 2.05) is 32.9 Å². The lowest BCUT2D eigenvalue weighted by atomic mass is 9.99. The Morgan fingerprint density at radius 3 is 2.16 bits per heavy atom. The molecule has 1 saturated heterocycles. The van der Waals surface area contributed by atoms with E-state index in [-0.39, 0.29) is 35.2 Å². The number of nitrogens with zero attached hydrogens (tertiary/aromatic N) is 1. The van der Waals surface area contributed by atoms with E-state index in [1.54, 1.807) is 29.2 Å². The highest BCUT2D eigenvalue weighted by atomic mass is 19.1. The van der Waals surface area contributed by atoms with E-state index in [9.17, 15) is 18.8 Å². The van der Waals surface area contributed by atoms with Crippen LogP contribution in [0.1, 0.15) is 53.0 Å². The second-order valence-corrected chi connectivity index (χ2v) is 8.56. The summed E-state index contributed by atoms with van der Waals surface area (Å²) in [6.45, 7) is 6.49. The van der Waals surface area contributed by atoms with E-state index in [4.69, 9.17) is 0 Å². The van der Waals surface area contributed by atoms with Gasteiger partial charge in [0.25, 0.3) is 11.8 Å². The lowest BCUT2D eigenvalue weighted by Crippen LogP contribution is -2.54.